The second kappa shape index (κ2) is 9.04. The Morgan fingerprint density at radius 3 is 2.69 bits per heavy atom. The zero-order valence-electron chi connectivity index (χ0n) is 17.7. The van der Waals surface area contributed by atoms with Crippen molar-refractivity contribution in [3.8, 4) is 17.2 Å². The second-order valence-corrected chi connectivity index (χ2v) is 8.91. The molecule has 1 N–H and O–H groups in total. The number of benzene rings is 2. The third-order valence-electron chi connectivity index (χ3n) is 5.75. The molecule has 0 unspecified atom stereocenters. The fourth-order valence-electron chi connectivity index (χ4n) is 3.93. The smallest absolute Gasteiger partial charge is 0.321 e. The Balaban J connectivity index is 1.14. The number of hydrogen-bond donors (Lipinski definition) is 1. The number of fused-ring (bicyclic) bond motifs is 1. The second-order valence-electron chi connectivity index (χ2n) is 7.82. The quantitative estimate of drug-likeness (QED) is 0.622. The number of hydrogen-bond acceptors (Lipinski definition) is 7. The monoisotopic (exact) mass is 452 g/mol. The van der Waals surface area contributed by atoms with Crippen LogP contribution in [-0.2, 0) is 6.42 Å². The van der Waals surface area contributed by atoms with Gasteiger partial charge in [-0.05, 0) is 42.7 Å². The van der Waals surface area contributed by atoms with Crippen LogP contribution in [0.15, 0.2) is 42.5 Å². The summed E-state index contributed by atoms with van der Waals surface area (Å²) in [5.74, 6) is 2.54. The first-order chi connectivity index (χ1) is 15.7. The molecular weight excluding hydrogens is 428 g/mol. The van der Waals surface area contributed by atoms with Crippen molar-refractivity contribution in [1.29, 1.82) is 0 Å². The van der Waals surface area contributed by atoms with E-state index in [9.17, 15) is 4.79 Å². The highest BCUT2D eigenvalue weighted by molar-refractivity contribution is 7.11. The molecule has 2 aromatic carbocycles. The topological polar surface area (TPSA) is 85.8 Å². The maximum atomic E-state index is 12.7. The molecular formula is C23H24N4O4S. The maximum absolute atomic E-state index is 12.7. The molecule has 1 aromatic heterocycles. The molecule has 0 bridgehead atoms. The number of aromatic nitrogens is 2. The summed E-state index contributed by atoms with van der Waals surface area (Å²) in [7, 11) is 1.67. The minimum absolute atomic E-state index is 0.0974. The fraction of sp³-hybridized carbons (Fsp3) is 0.348. The standard InChI is InChI=1S/C23H24N4O4S/c1-29-18-5-2-15(3-6-18)12-21-25-26-22(32-21)16-8-10-27(11-9-16)23(28)24-17-4-7-19-20(13-17)31-14-30-19/h2-7,13,16H,8-12,14H2,1H3,(H,24,28). The van der Waals surface area contributed by atoms with Crippen LogP contribution < -0.4 is 19.5 Å². The first-order valence-corrected chi connectivity index (χ1v) is 11.4. The molecule has 8 nitrogen and oxygen atoms in total. The number of nitrogens with one attached hydrogen (secondary N) is 1. The molecule has 2 aliphatic rings. The van der Waals surface area contributed by atoms with Crippen molar-refractivity contribution in [2.24, 2.45) is 0 Å². The van der Waals surface area contributed by atoms with Crippen LogP contribution in [0.1, 0.15) is 34.3 Å². The number of rotatable bonds is 5. The van der Waals surface area contributed by atoms with E-state index in [1.165, 1.54) is 5.56 Å². The Bertz CT molecular complexity index is 1090. The molecule has 0 radical (unpaired) electrons. The summed E-state index contributed by atoms with van der Waals surface area (Å²) in [6, 6.07) is 13.4. The zero-order chi connectivity index (χ0) is 21.9. The summed E-state index contributed by atoms with van der Waals surface area (Å²) in [4.78, 5) is 14.5. The molecule has 3 heterocycles. The van der Waals surface area contributed by atoms with Crippen LogP contribution >= 0.6 is 11.3 Å². The van der Waals surface area contributed by atoms with Crippen molar-refractivity contribution in [2.75, 3.05) is 32.3 Å². The number of likely N-dealkylation sites (tertiary alicyclic amines) is 1. The van der Waals surface area contributed by atoms with Gasteiger partial charge in [-0.25, -0.2) is 4.79 Å². The van der Waals surface area contributed by atoms with Crippen molar-refractivity contribution in [2.45, 2.75) is 25.2 Å². The lowest BCUT2D eigenvalue weighted by molar-refractivity contribution is 0.174. The molecule has 5 rings (SSSR count). The Kier molecular flexibility index (Phi) is 5.81. The van der Waals surface area contributed by atoms with Gasteiger partial charge in [0.2, 0.25) is 6.79 Å². The van der Waals surface area contributed by atoms with E-state index in [-0.39, 0.29) is 12.8 Å². The van der Waals surface area contributed by atoms with Gasteiger partial charge in [0, 0.05) is 37.2 Å². The number of carbonyl (C=O) groups is 1. The summed E-state index contributed by atoms with van der Waals surface area (Å²) in [6.45, 7) is 1.59. The van der Waals surface area contributed by atoms with Crippen LogP contribution in [0.4, 0.5) is 10.5 Å². The van der Waals surface area contributed by atoms with E-state index in [1.807, 2.05) is 29.2 Å². The number of piperidine rings is 1. The first-order valence-electron chi connectivity index (χ1n) is 10.6. The van der Waals surface area contributed by atoms with Gasteiger partial charge >= 0.3 is 6.03 Å². The van der Waals surface area contributed by atoms with Gasteiger partial charge in [0.05, 0.1) is 7.11 Å². The Labute approximate surface area is 190 Å². The van der Waals surface area contributed by atoms with Gasteiger partial charge in [0.25, 0.3) is 0 Å². The number of carbonyl (C=O) groups excluding carboxylic acids is 1. The number of ether oxygens (including phenoxy) is 3. The Morgan fingerprint density at radius 2 is 1.91 bits per heavy atom. The van der Waals surface area contributed by atoms with Crippen LogP contribution in [0.3, 0.4) is 0 Å². The highest BCUT2D eigenvalue weighted by Crippen LogP contribution is 2.35. The van der Waals surface area contributed by atoms with E-state index in [0.29, 0.717) is 36.2 Å². The molecule has 2 amide bonds. The molecule has 0 atom stereocenters. The predicted molar refractivity (Wildman–Crippen MR) is 121 cm³/mol. The van der Waals surface area contributed by atoms with E-state index < -0.39 is 0 Å². The Hall–Kier alpha value is -3.33. The van der Waals surface area contributed by atoms with Crippen molar-refractivity contribution in [3.05, 3.63) is 58.0 Å². The number of nitrogens with zero attached hydrogens (tertiary/aromatic N) is 3. The molecule has 32 heavy (non-hydrogen) atoms. The minimum atomic E-state index is -0.0974. The average molecular weight is 453 g/mol. The summed E-state index contributed by atoms with van der Waals surface area (Å²) >= 11 is 1.67. The van der Waals surface area contributed by atoms with Gasteiger partial charge in [0.1, 0.15) is 15.8 Å². The van der Waals surface area contributed by atoms with Gasteiger partial charge in [-0.2, -0.15) is 0 Å². The van der Waals surface area contributed by atoms with Crippen molar-refractivity contribution < 1.29 is 19.0 Å². The number of urea groups is 1. The molecule has 166 valence electrons. The van der Waals surface area contributed by atoms with Gasteiger partial charge in [-0.3, -0.25) is 0 Å². The molecule has 1 saturated heterocycles. The molecule has 0 saturated carbocycles. The zero-order valence-corrected chi connectivity index (χ0v) is 18.6. The summed E-state index contributed by atoms with van der Waals surface area (Å²) in [5.41, 5.74) is 1.89. The molecule has 3 aromatic rings. The third-order valence-corrected chi connectivity index (χ3v) is 6.84. The van der Waals surface area contributed by atoms with E-state index in [2.05, 4.69) is 27.6 Å². The minimum Gasteiger partial charge on any atom is -0.497 e. The van der Waals surface area contributed by atoms with Crippen LogP contribution in [0.2, 0.25) is 0 Å². The first kappa shape index (κ1) is 20.6. The van der Waals surface area contributed by atoms with Crippen LogP contribution in [-0.4, -0.2) is 48.1 Å². The highest BCUT2D eigenvalue weighted by atomic mass is 32.1. The molecule has 2 aliphatic heterocycles. The van der Waals surface area contributed by atoms with Crippen LogP contribution in [0, 0.1) is 0 Å². The van der Waals surface area contributed by atoms with Crippen LogP contribution in [0.25, 0.3) is 0 Å². The average Bonchev–Trinajstić information content (AvgIpc) is 3.49. The number of methoxy groups -OCH3 is 1. The lowest BCUT2D eigenvalue weighted by atomic mass is 9.98. The summed E-state index contributed by atoms with van der Waals surface area (Å²) in [5, 5.41) is 13.8. The van der Waals surface area contributed by atoms with Gasteiger partial charge < -0.3 is 24.4 Å². The largest absolute Gasteiger partial charge is 0.497 e. The lowest BCUT2D eigenvalue weighted by Crippen LogP contribution is -2.40. The molecule has 0 aliphatic carbocycles. The van der Waals surface area contributed by atoms with Gasteiger partial charge in [-0.1, -0.05) is 12.1 Å². The number of amides is 2. The molecule has 9 heteroatoms. The lowest BCUT2D eigenvalue weighted by Gasteiger charge is -2.31. The van der Waals surface area contributed by atoms with E-state index in [4.69, 9.17) is 14.2 Å². The number of anilines is 1. The van der Waals surface area contributed by atoms with Crippen molar-refractivity contribution in [3.63, 3.8) is 0 Å². The highest BCUT2D eigenvalue weighted by Gasteiger charge is 2.26. The SMILES string of the molecule is COc1ccc(Cc2nnc(C3CCN(C(=O)Nc4ccc5c(c4)OCO5)CC3)s2)cc1. The predicted octanol–water partition coefficient (Wildman–Crippen LogP) is 4.28. The normalized spacial score (nSPS) is 15.6. The van der Waals surface area contributed by atoms with E-state index in [1.54, 1.807) is 24.5 Å². The van der Waals surface area contributed by atoms with Crippen molar-refractivity contribution in [1.82, 2.24) is 15.1 Å². The Morgan fingerprint density at radius 1 is 1.12 bits per heavy atom. The third kappa shape index (κ3) is 4.47. The van der Waals surface area contributed by atoms with Crippen LogP contribution in [0.5, 0.6) is 17.2 Å². The summed E-state index contributed by atoms with van der Waals surface area (Å²) < 4.78 is 15.9. The van der Waals surface area contributed by atoms with Crippen molar-refractivity contribution >= 4 is 23.1 Å². The fourth-order valence-corrected chi connectivity index (χ4v) is 4.97. The van der Waals surface area contributed by atoms with Gasteiger partial charge in [-0.15, -0.1) is 21.5 Å². The van der Waals surface area contributed by atoms with E-state index >= 15 is 0 Å². The molecule has 0 spiro atoms. The maximum Gasteiger partial charge on any atom is 0.321 e. The summed E-state index contributed by atoms with van der Waals surface area (Å²) in [6.07, 6.45) is 2.52. The molecule has 1 fully saturated rings. The van der Waals surface area contributed by atoms with Gasteiger partial charge in [0.15, 0.2) is 11.5 Å². The van der Waals surface area contributed by atoms with E-state index in [0.717, 1.165) is 35.0 Å².